The van der Waals surface area contributed by atoms with Crippen LogP contribution < -0.4 is 9.64 Å². The number of rotatable bonds is 5. The SMILES string of the molecule is CC1c2cnc(-c3ncccn3)nc2CCN1c1cc(F)c(F)c(OCc2ccccc2)c1. The van der Waals surface area contributed by atoms with Gasteiger partial charge in [0.15, 0.2) is 23.2 Å². The molecule has 1 aliphatic heterocycles. The minimum Gasteiger partial charge on any atom is -0.486 e. The Morgan fingerprint density at radius 3 is 2.58 bits per heavy atom. The van der Waals surface area contributed by atoms with Gasteiger partial charge in [-0.15, -0.1) is 0 Å². The van der Waals surface area contributed by atoms with E-state index in [9.17, 15) is 8.78 Å². The lowest BCUT2D eigenvalue weighted by Crippen LogP contribution is -2.35. The molecule has 0 saturated carbocycles. The number of hydrogen-bond acceptors (Lipinski definition) is 6. The van der Waals surface area contributed by atoms with Crippen molar-refractivity contribution in [2.24, 2.45) is 0 Å². The maximum atomic E-state index is 14.5. The fourth-order valence-corrected chi connectivity index (χ4v) is 3.99. The summed E-state index contributed by atoms with van der Waals surface area (Å²) in [5, 5.41) is 0. The van der Waals surface area contributed by atoms with E-state index in [4.69, 9.17) is 4.74 Å². The van der Waals surface area contributed by atoms with Crippen LogP contribution in [0.2, 0.25) is 0 Å². The highest BCUT2D eigenvalue weighted by atomic mass is 19.2. The van der Waals surface area contributed by atoms with E-state index in [1.165, 1.54) is 6.07 Å². The summed E-state index contributed by atoms with van der Waals surface area (Å²) >= 11 is 0. The number of anilines is 1. The number of nitrogens with zero attached hydrogens (tertiary/aromatic N) is 5. The lowest BCUT2D eigenvalue weighted by molar-refractivity contribution is 0.284. The fourth-order valence-electron chi connectivity index (χ4n) is 3.99. The number of halogens is 2. The molecule has 3 heterocycles. The molecule has 4 aromatic rings. The van der Waals surface area contributed by atoms with Gasteiger partial charge in [0.1, 0.15) is 6.61 Å². The third-order valence-corrected chi connectivity index (χ3v) is 5.72. The van der Waals surface area contributed by atoms with Gasteiger partial charge in [-0.3, -0.25) is 0 Å². The van der Waals surface area contributed by atoms with Crippen molar-refractivity contribution in [2.45, 2.75) is 26.0 Å². The maximum absolute atomic E-state index is 14.5. The predicted octanol–water partition coefficient (Wildman–Crippen LogP) is 4.91. The zero-order valence-corrected chi connectivity index (χ0v) is 17.9. The summed E-state index contributed by atoms with van der Waals surface area (Å²) < 4.78 is 34.5. The number of benzene rings is 2. The summed E-state index contributed by atoms with van der Waals surface area (Å²) in [6, 6.07) is 13.7. The molecule has 166 valence electrons. The largest absolute Gasteiger partial charge is 0.486 e. The van der Waals surface area contributed by atoms with Gasteiger partial charge in [0.05, 0.1) is 11.7 Å². The molecule has 0 bridgehead atoms. The first-order valence-electron chi connectivity index (χ1n) is 10.7. The molecular weight excluding hydrogens is 424 g/mol. The number of fused-ring (bicyclic) bond motifs is 1. The molecule has 33 heavy (non-hydrogen) atoms. The van der Waals surface area contributed by atoms with E-state index in [-0.39, 0.29) is 18.4 Å². The second-order valence-electron chi connectivity index (χ2n) is 7.80. The Morgan fingerprint density at radius 1 is 1.00 bits per heavy atom. The van der Waals surface area contributed by atoms with Gasteiger partial charge in [0, 0.05) is 54.9 Å². The second kappa shape index (κ2) is 8.90. The van der Waals surface area contributed by atoms with E-state index in [1.807, 2.05) is 42.2 Å². The molecule has 1 unspecified atom stereocenters. The smallest absolute Gasteiger partial charge is 0.200 e. The molecule has 0 saturated heterocycles. The Bertz CT molecular complexity index is 1270. The summed E-state index contributed by atoms with van der Waals surface area (Å²) in [7, 11) is 0. The molecule has 2 aromatic heterocycles. The summed E-state index contributed by atoms with van der Waals surface area (Å²) in [5.74, 6) is -1.10. The molecule has 0 radical (unpaired) electrons. The van der Waals surface area contributed by atoms with Crippen LogP contribution in [-0.4, -0.2) is 26.5 Å². The van der Waals surface area contributed by atoms with Gasteiger partial charge in [0.2, 0.25) is 5.82 Å². The lowest BCUT2D eigenvalue weighted by atomic mass is 9.98. The third-order valence-electron chi connectivity index (χ3n) is 5.72. The van der Waals surface area contributed by atoms with Crippen molar-refractivity contribution in [3.05, 3.63) is 95.6 Å². The lowest BCUT2D eigenvalue weighted by Gasteiger charge is -2.36. The van der Waals surface area contributed by atoms with Gasteiger partial charge in [-0.1, -0.05) is 30.3 Å². The summed E-state index contributed by atoms with van der Waals surface area (Å²) in [6.45, 7) is 2.73. The van der Waals surface area contributed by atoms with Crippen LogP contribution in [-0.2, 0) is 13.0 Å². The molecule has 1 aliphatic rings. The highest BCUT2D eigenvalue weighted by Crippen LogP contribution is 2.36. The van der Waals surface area contributed by atoms with Gasteiger partial charge >= 0.3 is 0 Å². The molecule has 8 heteroatoms. The predicted molar refractivity (Wildman–Crippen MR) is 120 cm³/mol. The highest BCUT2D eigenvalue weighted by Gasteiger charge is 2.28. The van der Waals surface area contributed by atoms with Crippen molar-refractivity contribution in [3.8, 4) is 17.4 Å². The molecular formula is C25H21F2N5O. The Labute approximate surface area is 190 Å². The molecule has 5 rings (SSSR count). The average molecular weight is 445 g/mol. The van der Waals surface area contributed by atoms with E-state index in [0.29, 0.717) is 30.3 Å². The van der Waals surface area contributed by atoms with Crippen LogP contribution in [0.4, 0.5) is 14.5 Å². The molecule has 0 spiro atoms. The van der Waals surface area contributed by atoms with Crippen LogP contribution in [0, 0.1) is 11.6 Å². The van der Waals surface area contributed by atoms with Crippen LogP contribution in [0.15, 0.2) is 67.1 Å². The Morgan fingerprint density at radius 2 is 1.79 bits per heavy atom. The van der Waals surface area contributed by atoms with Crippen molar-refractivity contribution >= 4 is 5.69 Å². The topological polar surface area (TPSA) is 64.0 Å². The molecule has 0 aliphatic carbocycles. The zero-order valence-electron chi connectivity index (χ0n) is 17.9. The molecule has 0 amide bonds. The molecule has 2 aromatic carbocycles. The first kappa shape index (κ1) is 20.9. The van der Waals surface area contributed by atoms with Gasteiger partial charge < -0.3 is 9.64 Å². The number of ether oxygens (including phenoxy) is 1. The van der Waals surface area contributed by atoms with Crippen LogP contribution >= 0.6 is 0 Å². The van der Waals surface area contributed by atoms with Gasteiger partial charge in [-0.2, -0.15) is 4.39 Å². The van der Waals surface area contributed by atoms with Crippen molar-refractivity contribution in [3.63, 3.8) is 0 Å². The van der Waals surface area contributed by atoms with E-state index in [0.717, 1.165) is 16.8 Å². The van der Waals surface area contributed by atoms with E-state index < -0.39 is 11.6 Å². The van der Waals surface area contributed by atoms with Gasteiger partial charge in [-0.25, -0.2) is 24.3 Å². The molecule has 6 nitrogen and oxygen atoms in total. The second-order valence-corrected chi connectivity index (χ2v) is 7.80. The van der Waals surface area contributed by atoms with Gasteiger partial charge in [0.25, 0.3) is 0 Å². The minimum atomic E-state index is -0.990. The number of hydrogen-bond donors (Lipinski definition) is 0. The molecule has 0 N–H and O–H groups in total. The van der Waals surface area contributed by atoms with Crippen molar-refractivity contribution in [2.75, 3.05) is 11.4 Å². The first-order chi connectivity index (χ1) is 16.1. The van der Waals surface area contributed by atoms with Crippen LogP contribution in [0.3, 0.4) is 0 Å². The Kier molecular flexibility index (Phi) is 5.64. The molecule has 0 fully saturated rings. The van der Waals surface area contributed by atoms with Crippen LogP contribution in [0.1, 0.15) is 29.8 Å². The van der Waals surface area contributed by atoms with E-state index in [1.54, 1.807) is 30.7 Å². The van der Waals surface area contributed by atoms with E-state index in [2.05, 4.69) is 19.9 Å². The monoisotopic (exact) mass is 445 g/mol. The van der Waals surface area contributed by atoms with Gasteiger partial charge in [-0.05, 0) is 18.6 Å². The Hall–Kier alpha value is -3.94. The zero-order chi connectivity index (χ0) is 22.8. The van der Waals surface area contributed by atoms with Crippen molar-refractivity contribution < 1.29 is 13.5 Å². The summed E-state index contributed by atoms with van der Waals surface area (Å²) in [4.78, 5) is 19.5. The first-order valence-corrected chi connectivity index (χ1v) is 10.7. The van der Waals surface area contributed by atoms with Crippen LogP contribution in [0.25, 0.3) is 11.6 Å². The standard InChI is InChI=1S/C25H21F2N5O/c1-16-19-14-30-25(24-28-9-5-10-29-24)31-21(19)8-11-32(16)18-12-20(26)23(27)22(13-18)33-15-17-6-3-2-4-7-17/h2-7,9-10,12-14,16H,8,11,15H2,1H3. The van der Waals surface area contributed by atoms with Crippen molar-refractivity contribution in [1.82, 2.24) is 19.9 Å². The van der Waals surface area contributed by atoms with Crippen molar-refractivity contribution in [1.29, 1.82) is 0 Å². The minimum absolute atomic E-state index is 0.111. The van der Waals surface area contributed by atoms with Crippen LogP contribution in [0.5, 0.6) is 5.75 Å². The maximum Gasteiger partial charge on any atom is 0.200 e. The number of aromatic nitrogens is 4. The average Bonchev–Trinajstić information content (AvgIpc) is 2.86. The van der Waals surface area contributed by atoms with E-state index >= 15 is 0 Å². The Balaban J connectivity index is 1.40. The molecule has 1 atom stereocenters. The highest BCUT2D eigenvalue weighted by molar-refractivity contribution is 5.55. The third kappa shape index (κ3) is 4.24. The quantitative estimate of drug-likeness (QED) is 0.435. The normalized spacial score (nSPS) is 15.2. The summed E-state index contributed by atoms with van der Waals surface area (Å²) in [6.07, 6.45) is 5.69. The fraction of sp³-hybridized carbons (Fsp3) is 0.200. The summed E-state index contributed by atoms with van der Waals surface area (Å²) in [5.41, 5.74) is 3.25.